The number of fused-ring (bicyclic) bond motifs is 1. The molecule has 0 atom stereocenters. The van der Waals surface area contributed by atoms with Crippen molar-refractivity contribution in [3.05, 3.63) is 39.7 Å². The summed E-state index contributed by atoms with van der Waals surface area (Å²) in [5.41, 5.74) is -4.24. The van der Waals surface area contributed by atoms with Gasteiger partial charge in [-0.15, -0.1) is 0 Å². The third-order valence-corrected chi connectivity index (χ3v) is 4.34. The minimum absolute atomic E-state index is 0.154. The zero-order chi connectivity index (χ0) is 20.8. The smallest absolute Gasteiger partial charge is 0.422 e. The lowest BCUT2D eigenvalue weighted by molar-refractivity contribution is -0.360. The zero-order valence-corrected chi connectivity index (χ0v) is 14.6. The molecule has 0 N–H and O–H groups in total. The fourth-order valence-electron chi connectivity index (χ4n) is 2.83. The molecule has 2 rings (SSSR count). The highest BCUT2D eigenvalue weighted by Gasteiger charge is 2.74. The maximum absolute atomic E-state index is 14.1. The Balaban J connectivity index is 2.74. The SMILES string of the molecule is CCN(CC)c1ccc2c(C)c(C(F)(F)C(F)(F)C(F)(F)F)c(=O)oc2c1. The third-order valence-electron chi connectivity index (χ3n) is 4.34. The monoisotopic (exact) mass is 399 g/mol. The van der Waals surface area contributed by atoms with Crippen LogP contribution in [0.1, 0.15) is 25.0 Å². The Hall–Kier alpha value is -2.26. The fraction of sp³-hybridized carbons (Fsp3) is 0.471. The van der Waals surface area contributed by atoms with Crippen molar-refractivity contribution >= 4 is 16.7 Å². The van der Waals surface area contributed by atoms with Crippen molar-refractivity contribution in [3.8, 4) is 0 Å². The van der Waals surface area contributed by atoms with Crippen LogP contribution in [-0.4, -0.2) is 25.2 Å². The van der Waals surface area contributed by atoms with Crippen LogP contribution in [0.5, 0.6) is 0 Å². The maximum Gasteiger partial charge on any atom is 0.460 e. The van der Waals surface area contributed by atoms with Gasteiger partial charge in [-0.25, -0.2) is 4.79 Å². The van der Waals surface area contributed by atoms with Crippen LogP contribution in [0, 0.1) is 6.92 Å². The Morgan fingerprint density at radius 2 is 1.56 bits per heavy atom. The van der Waals surface area contributed by atoms with E-state index in [-0.39, 0.29) is 11.0 Å². The first-order valence-corrected chi connectivity index (χ1v) is 7.94. The van der Waals surface area contributed by atoms with Gasteiger partial charge in [0, 0.05) is 30.2 Å². The van der Waals surface area contributed by atoms with Gasteiger partial charge in [0.25, 0.3) is 0 Å². The summed E-state index contributed by atoms with van der Waals surface area (Å²) >= 11 is 0. The highest BCUT2D eigenvalue weighted by atomic mass is 19.4. The van der Waals surface area contributed by atoms with E-state index in [0.29, 0.717) is 18.8 Å². The molecular weight excluding hydrogens is 383 g/mol. The van der Waals surface area contributed by atoms with Gasteiger partial charge in [0.05, 0.1) is 0 Å². The number of alkyl halides is 7. The predicted molar refractivity (Wildman–Crippen MR) is 85.7 cm³/mol. The third kappa shape index (κ3) is 3.25. The Kier molecular flexibility index (Phi) is 5.24. The molecule has 1 aromatic heterocycles. The summed E-state index contributed by atoms with van der Waals surface area (Å²) in [5.74, 6) is -12.2. The molecule has 150 valence electrons. The first-order chi connectivity index (χ1) is 12.3. The van der Waals surface area contributed by atoms with Crippen LogP contribution in [0.4, 0.5) is 36.4 Å². The van der Waals surface area contributed by atoms with Gasteiger partial charge >= 0.3 is 23.6 Å². The molecule has 0 fully saturated rings. The average molecular weight is 399 g/mol. The molecule has 10 heteroatoms. The number of anilines is 1. The highest BCUT2D eigenvalue weighted by Crippen LogP contribution is 2.52. The Morgan fingerprint density at radius 3 is 2.04 bits per heavy atom. The van der Waals surface area contributed by atoms with E-state index >= 15 is 0 Å². The summed E-state index contributed by atoms with van der Waals surface area (Å²) in [6, 6.07) is 4.07. The van der Waals surface area contributed by atoms with E-state index in [1.807, 2.05) is 18.7 Å². The standard InChI is InChI=1S/C17H16F7NO2/c1-4-25(5-2)10-6-7-11-9(3)13(14(26)27-12(11)8-10)15(18,19)16(20,21)17(22,23)24/h6-8H,4-5H2,1-3H3. The van der Waals surface area contributed by atoms with Gasteiger partial charge < -0.3 is 9.32 Å². The van der Waals surface area contributed by atoms with Gasteiger partial charge in [-0.2, -0.15) is 30.7 Å². The van der Waals surface area contributed by atoms with Crippen molar-refractivity contribution in [3.63, 3.8) is 0 Å². The number of rotatable bonds is 5. The first-order valence-electron chi connectivity index (χ1n) is 7.94. The second-order valence-corrected chi connectivity index (χ2v) is 5.89. The molecule has 0 unspecified atom stereocenters. The minimum atomic E-state index is -6.54. The molecule has 0 bridgehead atoms. The van der Waals surface area contributed by atoms with Crippen molar-refractivity contribution < 1.29 is 35.2 Å². The van der Waals surface area contributed by atoms with Crippen LogP contribution < -0.4 is 10.5 Å². The molecule has 0 aliphatic heterocycles. The Bertz CT molecular complexity index is 899. The van der Waals surface area contributed by atoms with Crippen LogP contribution in [0.3, 0.4) is 0 Å². The van der Waals surface area contributed by atoms with Gasteiger partial charge in [0.15, 0.2) is 0 Å². The topological polar surface area (TPSA) is 33.5 Å². The highest BCUT2D eigenvalue weighted by molar-refractivity contribution is 5.84. The van der Waals surface area contributed by atoms with Crippen LogP contribution in [-0.2, 0) is 5.92 Å². The predicted octanol–water partition coefficient (Wildman–Crippen LogP) is 5.24. The Morgan fingerprint density at radius 1 is 1.00 bits per heavy atom. The van der Waals surface area contributed by atoms with Crippen molar-refractivity contribution in [2.75, 3.05) is 18.0 Å². The second kappa shape index (κ2) is 6.72. The minimum Gasteiger partial charge on any atom is -0.422 e. The average Bonchev–Trinajstić information content (AvgIpc) is 2.54. The summed E-state index contributed by atoms with van der Waals surface area (Å²) < 4.78 is 96.8. The van der Waals surface area contributed by atoms with E-state index < -0.39 is 34.8 Å². The van der Waals surface area contributed by atoms with E-state index in [0.717, 1.165) is 6.92 Å². The largest absolute Gasteiger partial charge is 0.460 e. The number of halogens is 7. The summed E-state index contributed by atoms with van der Waals surface area (Å²) in [7, 11) is 0. The lowest BCUT2D eigenvalue weighted by Crippen LogP contribution is -2.52. The molecule has 0 amide bonds. The number of aryl methyl sites for hydroxylation is 1. The molecule has 0 aliphatic carbocycles. The molecule has 0 saturated heterocycles. The van der Waals surface area contributed by atoms with Gasteiger partial charge in [0.1, 0.15) is 11.1 Å². The van der Waals surface area contributed by atoms with E-state index in [2.05, 4.69) is 4.42 Å². The zero-order valence-electron chi connectivity index (χ0n) is 14.6. The normalized spacial score (nSPS) is 13.3. The van der Waals surface area contributed by atoms with Crippen LogP contribution in [0.25, 0.3) is 11.0 Å². The first kappa shape index (κ1) is 21.0. The maximum atomic E-state index is 14.1. The molecule has 0 saturated carbocycles. The molecule has 0 radical (unpaired) electrons. The summed E-state index contributed by atoms with van der Waals surface area (Å²) in [5, 5.41) is -0.154. The van der Waals surface area contributed by atoms with Gasteiger partial charge in [-0.1, -0.05) is 0 Å². The van der Waals surface area contributed by atoms with Gasteiger partial charge in [0.2, 0.25) is 0 Å². The molecule has 0 aliphatic rings. The molecule has 1 aromatic carbocycles. The van der Waals surface area contributed by atoms with Crippen molar-refractivity contribution in [1.82, 2.24) is 0 Å². The number of nitrogens with zero attached hydrogens (tertiary/aromatic N) is 1. The van der Waals surface area contributed by atoms with Gasteiger partial charge in [-0.05, 0) is 38.5 Å². The van der Waals surface area contributed by atoms with E-state index in [9.17, 15) is 35.5 Å². The molecule has 2 aromatic rings. The van der Waals surface area contributed by atoms with E-state index in [1.165, 1.54) is 18.2 Å². The van der Waals surface area contributed by atoms with Crippen molar-refractivity contribution in [1.29, 1.82) is 0 Å². The molecular formula is C17H16F7NO2. The summed E-state index contributed by atoms with van der Waals surface area (Å²) in [6.07, 6.45) is -6.54. The van der Waals surface area contributed by atoms with Crippen LogP contribution in [0.2, 0.25) is 0 Å². The van der Waals surface area contributed by atoms with Crippen molar-refractivity contribution in [2.24, 2.45) is 0 Å². The summed E-state index contributed by atoms with van der Waals surface area (Å²) in [6.45, 7) is 5.74. The lowest BCUT2D eigenvalue weighted by Gasteiger charge is -2.28. The Labute approximate surface area is 149 Å². The number of hydrogen-bond donors (Lipinski definition) is 0. The van der Waals surface area contributed by atoms with Crippen molar-refractivity contribution in [2.45, 2.75) is 38.8 Å². The molecule has 3 nitrogen and oxygen atoms in total. The van der Waals surface area contributed by atoms with Gasteiger partial charge in [-0.3, -0.25) is 0 Å². The van der Waals surface area contributed by atoms with Crippen LogP contribution in [0.15, 0.2) is 27.4 Å². The quantitative estimate of drug-likeness (QED) is 0.510. The summed E-state index contributed by atoms with van der Waals surface area (Å²) in [4.78, 5) is 13.8. The fourth-order valence-corrected chi connectivity index (χ4v) is 2.83. The van der Waals surface area contributed by atoms with E-state index in [4.69, 9.17) is 0 Å². The molecule has 1 heterocycles. The molecule has 0 spiro atoms. The van der Waals surface area contributed by atoms with Crippen LogP contribution >= 0.6 is 0 Å². The molecule has 27 heavy (non-hydrogen) atoms. The number of hydrogen-bond acceptors (Lipinski definition) is 3. The second-order valence-electron chi connectivity index (χ2n) is 5.89. The number of benzene rings is 1. The lowest BCUT2D eigenvalue weighted by atomic mass is 9.96. The van der Waals surface area contributed by atoms with E-state index in [1.54, 1.807) is 0 Å².